The van der Waals surface area contributed by atoms with Gasteiger partial charge in [0.25, 0.3) is 0 Å². The van der Waals surface area contributed by atoms with Crippen molar-refractivity contribution in [3.8, 4) is 17.2 Å². The normalized spacial score (nSPS) is 24.6. The summed E-state index contributed by atoms with van der Waals surface area (Å²) in [6.45, 7) is 6.87. The van der Waals surface area contributed by atoms with Crippen LogP contribution < -0.4 is 9.47 Å². The Morgan fingerprint density at radius 2 is 1.78 bits per heavy atom. The first kappa shape index (κ1) is 40.6. The third-order valence-electron chi connectivity index (χ3n) is 11.2. The van der Waals surface area contributed by atoms with Crippen LogP contribution in [0.2, 0.25) is 0 Å². The molecule has 0 aromatic heterocycles. The first-order chi connectivity index (χ1) is 26.9. The molecule has 296 valence electrons. The fourth-order valence-electron chi connectivity index (χ4n) is 9.01. The molecule has 0 radical (unpaired) electrons. The van der Waals surface area contributed by atoms with Crippen molar-refractivity contribution in [2.75, 3.05) is 46.0 Å². The number of aliphatic hydroxyl groups excluding tert-OH is 2. The van der Waals surface area contributed by atoms with Gasteiger partial charge in [0.2, 0.25) is 5.79 Å². The van der Waals surface area contributed by atoms with Gasteiger partial charge >= 0.3 is 6.09 Å². The van der Waals surface area contributed by atoms with E-state index >= 15 is 0 Å². The maximum absolute atomic E-state index is 13.9. The predicted octanol–water partition coefficient (Wildman–Crippen LogP) is 8.98. The lowest BCUT2D eigenvalue weighted by Crippen LogP contribution is -2.70. The average Bonchev–Trinajstić information content (AvgIpc) is 3.20. The predicted molar refractivity (Wildman–Crippen MR) is 215 cm³/mol. The zero-order valence-electron chi connectivity index (χ0n) is 32.0. The molecule has 10 nitrogen and oxygen atoms in total. The van der Waals surface area contributed by atoms with Crippen molar-refractivity contribution in [3.05, 3.63) is 90.5 Å². The van der Waals surface area contributed by atoms with Crippen LogP contribution in [0, 0.1) is 17.8 Å². The van der Waals surface area contributed by atoms with E-state index in [2.05, 4.69) is 42.1 Å². The van der Waals surface area contributed by atoms with Crippen LogP contribution in [-0.4, -0.2) is 84.7 Å². The molecular formula is C44H55ClN2O8. The number of oxime groups is 1. The number of allylic oxidation sites excluding steroid dienone is 1. The maximum Gasteiger partial charge on any atom is 0.410 e. The monoisotopic (exact) mass is 774 g/mol. The summed E-state index contributed by atoms with van der Waals surface area (Å²) < 4.78 is 26.5. The molecular weight excluding hydrogens is 720 g/mol. The molecule has 1 saturated carbocycles. The number of nitrogens with zero attached hydrogens (tertiary/aromatic N) is 2. The number of ether oxygens (including phenoxy) is 4. The van der Waals surface area contributed by atoms with E-state index in [9.17, 15) is 15.0 Å². The van der Waals surface area contributed by atoms with E-state index in [0.29, 0.717) is 43.7 Å². The zero-order valence-corrected chi connectivity index (χ0v) is 32.8. The van der Waals surface area contributed by atoms with Crippen LogP contribution in [0.5, 0.6) is 17.2 Å². The number of fused-ring (bicyclic) bond motifs is 3. The molecule has 3 aliphatic rings. The Bertz CT molecular complexity index is 1830. The third-order valence-corrected chi connectivity index (χ3v) is 11.3. The summed E-state index contributed by atoms with van der Waals surface area (Å²) in [4.78, 5) is 21.2. The van der Waals surface area contributed by atoms with Crippen LogP contribution in [0.3, 0.4) is 0 Å². The van der Waals surface area contributed by atoms with Gasteiger partial charge in [0.05, 0.1) is 24.1 Å². The van der Waals surface area contributed by atoms with Gasteiger partial charge in [-0.25, -0.2) is 4.79 Å². The highest BCUT2D eigenvalue weighted by Crippen LogP contribution is 2.62. The minimum atomic E-state index is -1.36. The standard InChI is InChI=1S/C44H55ClN2O8/c1-4-21-47(43(50)52-25-20-45)40-29-38(46-51-3)36-27-32(14-8-10-22-48)35(15-9-11-23-49)41-37-28-34(54-33-17-16-30-12-6-7-13-31(30)26-33)18-19-39(37)55-44(40,42(36)41)53-24-5-2/h5-7,12-13,16-19,26-28,32,35,40-42,48-49H,2,4,8-11,14-15,20-25,29H2,1,3H3/t32-,35+,40-,41+,42+,44+/m0/s1. The Kier molecular flexibility index (Phi) is 14.1. The number of rotatable bonds is 19. The number of amides is 1. The zero-order chi connectivity index (χ0) is 38.8. The summed E-state index contributed by atoms with van der Waals surface area (Å²) in [7, 11) is 1.54. The van der Waals surface area contributed by atoms with Crippen molar-refractivity contribution in [3.63, 3.8) is 0 Å². The number of carbonyl (C=O) groups excluding carboxylic acids is 1. The average molecular weight is 775 g/mol. The number of aliphatic hydroxyl groups is 2. The number of hydrogen-bond acceptors (Lipinski definition) is 9. The highest BCUT2D eigenvalue weighted by atomic mass is 35.5. The molecule has 1 fully saturated rings. The van der Waals surface area contributed by atoms with Gasteiger partial charge < -0.3 is 34.0 Å². The van der Waals surface area contributed by atoms with Gasteiger partial charge in [-0.1, -0.05) is 67.4 Å². The van der Waals surface area contributed by atoms with Gasteiger partial charge in [-0.05, 0) is 90.6 Å². The molecule has 0 unspecified atom stereocenters. The van der Waals surface area contributed by atoms with Gasteiger partial charge in [-0.2, -0.15) is 0 Å². The van der Waals surface area contributed by atoms with Crippen molar-refractivity contribution >= 4 is 34.2 Å². The molecule has 1 amide bonds. The quantitative estimate of drug-likeness (QED) is 0.0537. The highest BCUT2D eigenvalue weighted by molar-refractivity contribution is 6.18. The summed E-state index contributed by atoms with van der Waals surface area (Å²) in [5.41, 5.74) is 2.68. The number of hydrogen-bond donors (Lipinski definition) is 2. The molecule has 2 aliphatic carbocycles. The van der Waals surface area contributed by atoms with Gasteiger partial charge in [0.1, 0.15) is 37.0 Å². The summed E-state index contributed by atoms with van der Waals surface area (Å²) in [5.74, 6) is 0.492. The van der Waals surface area contributed by atoms with Gasteiger partial charge in [-0.3, -0.25) is 4.90 Å². The van der Waals surface area contributed by atoms with Crippen molar-refractivity contribution in [1.82, 2.24) is 4.90 Å². The molecule has 3 aromatic carbocycles. The largest absolute Gasteiger partial charge is 0.459 e. The fourth-order valence-corrected chi connectivity index (χ4v) is 9.09. The Hall–Kier alpha value is -4.09. The van der Waals surface area contributed by atoms with E-state index in [4.69, 9.17) is 35.4 Å². The van der Waals surface area contributed by atoms with E-state index in [1.807, 2.05) is 43.3 Å². The summed E-state index contributed by atoms with van der Waals surface area (Å²) >= 11 is 5.98. The van der Waals surface area contributed by atoms with E-state index in [1.165, 1.54) is 7.11 Å². The van der Waals surface area contributed by atoms with E-state index < -0.39 is 23.8 Å². The van der Waals surface area contributed by atoms with Crippen LogP contribution in [0.25, 0.3) is 10.8 Å². The fraction of sp³-hybridized carbons (Fsp3) is 0.500. The second-order valence-electron chi connectivity index (χ2n) is 14.6. The molecule has 1 heterocycles. The van der Waals surface area contributed by atoms with E-state index in [0.717, 1.165) is 59.1 Å². The Labute approximate surface area is 329 Å². The lowest BCUT2D eigenvalue weighted by Gasteiger charge is -2.59. The molecule has 6 rings (SSSR count). The molecule has 11 heteroatoms. The first-order valence-electron chi connectivity index (χ1n) is 19.7. The second kappa shape index (κ2) is 19.2. The SMILES string of the molecule is C=CCO[C@@]12Oc3ccc(Oc4ccc5ccccc5c4)cc3[C@H]3[C@H](CCCCO)[C@@H](CCCCO)C=C(C(=NOC)C[C@@H]1N(CCC)C(=O)OCCCl)[C@H]32. The molecule has 55 heavy (non-hydrogen) atoms. The van der Waals surface area contributed by atoms with Crippen molar-refractivity contribution in [2.24, 2.45) is 22.9 Å². The van der Waals surface area contributed by atoms with Crippen LogP contribution >= 0.6 is 11.6 Å². The number of alkyl halides is 1. The van der Waals surface area contributed by atoms with Crippen molar-refractivity contribution < 1.29 is 38.8 Å². The topological polar surface area (TPSA) is 119 Å². The minimum absolute atomic E-state index is 0.0657. The minimum Gasteiger partial charge on any atom is -0.459 e. The summed E-state index contributed by atoms with van der Waals surface area (Å²) in [5, 5.41) is 26.5. The third kappa shape index (κ3) is 8.68. The number of unbranched alkanes of at least 4 members (excludes halogenated alkanes) is 2. The van der Waals surface area contributed by atoms with E-state index in [1.54, 1.807) is 11.0 Å². The van der Waals surface area contributed by atoms with Crippen LogP contribution in [-0.2, 0) is 14.3 Å². The summed E-state index contributed by atoms with van der Waals surface area (Å²) in [6.07, 6.45) is 9.23. The van der Waals surface area contributed by atoms with Gasteiger partial charge in [0.15, 0.2) is 0 Å². The number of carbonyl (C=O) groups is 1. The lowest BCUT2D eigenvalue weighted by molar-refractivity contribution is -0.255. The molecule has 3 aromatic rings. The van der Waals surface area contributed by atoms with Crippen LogP contribution in [0.4, 0.5) is 4.79 Å². The summed E-state index contributed by atoms with van der Waals surface area (Å²) in [6, 6.07) is 19.6. The molecule has 0 bridgehead atoms. The molecule has 6 atom stereocenters. The Balaban J connectivity index is 1.55. The number of benzene rings is 3. The van der Waals surface area contributed by atoms with Crippen LogP contribution in [0.15, 0.2) is 90.1 Å². The Morgan fingerprint density at radius 1 is 1.04 bits per heavy atom. The van der Waals surface area contributed by atoms with Crippen LogP contribution in [0.1, 0.15) is 69.8 Å². The van der Waals surface area contributed by atoms with Crippen molar-refractivity contribution in [2.45, 2.75) is 76.0 Å². The number of halogens is 1. The second-order valence-corrected chi connectivity index (χ2v) is 14.9. The Morgan fingerprint density at radius 3 is 2.51 bits per heavy atom. The molecule has 0 saturated heterocycles. The molecule has 0 spiro atoms. The highest BCUT2D eigenvalue weighted by Gasteiger charge is 2.65. The lowest BCUT2D eigenvalue weighted by atomic mass is 9.55. The maximum atomic E-state index is 13.9. The first-order valence-corrected chi connectivity index (χ1v) is 20.2. The van der Waals surface area contributed by atoms with E-state index in [-0.39, 0.29) is 50.1 Å². The van der Waals surface area contributed by atoms with Crippen molar-refractivity contribution in [1.29, 1.82) is 0 Å². The molecule has 1 aliphatic heterocycles. The molecule has 2 N–H and O–H groups in total. The smallest absolute Gasteiger partial charge is 0.410 e. The van der Waals surface area contributed by atoms with Gasteiger partial charge in [0, 0.05) is 37.7 Å². The van der Waals surface area contributed by atoms with Gasteiger partial charge in [-0.15, -0.1) is 18.2 Å².